The molecule has 0 radical (unpaired) electrons. The second-order valence-corrected chi connectivity index (χ2v) is 6.86. The molecule has 1 heterocycles. The van der Waals surface area contributed by atoms with Gasteiger partial charge in [-0.2, -0.15) is 0 Å². The number of nitrogen functional groups attached to an aromatic ring is 1. The van der Waals surface area contributed by atoms with Crippen LogP contribution in [-0.4, -0.2) is 25.1 Å². The zero-order valence-electron chi connectivity index (χ0n) is 15.2. The molecule has 0 fully saturated rings. The molecule has 5 nitrogen and oxygen atoms in total. The molecule has 1 aliphatic rings. The fourth-order valence-electron chi connectivity index (χ4n) is 3.43. The summed E-state index contributed by atoms with van der Waals surface area (Å²) in [6.07, 6.45) is 0.00458. The van der Waals surface area contributed by atoms with E-state index in [0.717, 1.165) is 28.3 Å². The first-order valence-electron chi connectivity index (χ1n) is 8.52. The zero-order valence-corrected chi connectivity index (χ0v) is 15.2. The molecule has 0 aliphatic carbocycles. The number of carbonyl (C=O) groups excluding carboxylic acids is 1. The third kappa shape index (κ3) is 3.71. The Hall–Kier alpha value is -2.69. The van der Waals surface area contributed by atoms with Gasteiger partial charge in [-0.3, -0.25) is 4.79 Å². The van der Waals surface area contributed by atoms with Crippen molar-refractivity contribution in [1.29, 1.82) is 0 Å². The Labute approximate surface area is 148 Å². The number of nitrogens with two attached hydrogens (primary N) is 1. The molecule has 2 aromatic carbocycles. The highest BCUT2D eigenvalue weighted by Gasteiger charge is 2.25. The SMILES string of the molecule is Cc1cc(C)c(NC(=O)CN2CC(C)Oc3cc(N)ccc32)c(C)c1. The van der Waals surface area contributed by atoms with Crippen LogP contribution in [0.5, 0.6) is 5.75 Å². The maximum atomic E-state index is 12.6. The minimum absolute atomic E-state index is 0.00458. The van der Waals surface area contributed by atoms with Crippen LogP contribution in [0.1, 0.15) is 23.6 Å². The van der Waals surface area contributed by atoms with Crippen molar-refractivity contribution in [2.45, 2.75) is 33.8 Å². The number of aryl methyl sites for hydroxylation is 3. The van der Waals surface area contributed by atoms with Gasteiger partial charge in [-0.05, 0) is 51.0 Å². The Kier molecular flexibility index (Phi) is 4.57. The van der Waals surface area contributed by atoms with Crippen molar-refractivity contribution in [2.24, 2.45) is 0 Å². The number of nitrogens with zero attached hydrogens (tertiary/aromatic N) is 1. The summed E-state index contributed by atoms with van der Waals surface area (Å²) in [6.45, 7) is 9.03. The van der Waals surface area contributed by atoms with E-state index in [-0.39, 0.29) is 18.6 Å². The van der Waals surface area contributed by atoms with Crippen LogP contribution in [0.25, 0.3) is 0 Å². The van der Waals surface area contributed by atoms with Crippen LogP contribution in [0.4, 0.5) is 17.1 Å². The number of hydrogen-bond donors (Lipinski definition) is 2. The quantitative estimate of drug-likeness (QED) is 0.841. The normalized spacial score (nSPS) is 16.2. The van der Waals surface area contributed by atoms with Gasteiger partial charge in [-0.15, -0.1) is 0 Å². The first kappa shape index (κ1) is 17.1. The summed E-state index contributed by atoms with van der Waals surface area (Å²) in [5.41, 5.74) is 11.7. The average molecular weight is 339 g/mol. The lowest BCUT2D eigenvalue weighted by atomic mass is 10.1. The van der Waals surface area contributed by atoms with Gasteiger partial charge in [0.15, 0.2) is 0 Å². The molecular formula is C20H25N3O2. The summed E-state index contributed by atoms with van der Waals surface area (Å²) >= 11 is 0. The highest BCUT2D eigenvalue weighted by molar-refractivity contribution is 5.95. The van der Waals surface area contributed by atoms with Crippen molar-refractivity contribution >= 4 is 23.0 Å². The maximum Gasteiger partial charge on any atom is 0.243 e. The van der Waals surface area contributed by atoms with Crippen molar-refractivity contribution < 1.29 is 9.53 Å². The highest BCUT2D eigenvalue weighted by atomic mass is 16.5. The average Bonchev–Trinajstić information content (AvgIpc) is 2.50. The van der Waals surface area contributed by atoms with E-state index in [2.05, 4.69) is 24.4 Å². The van der Waals surface area contributed by atoms with E-state index in [9.17, 15) is 4.79 Å². The highest BCUT2D eigenvalue weighted by Crippen LogP contribution is 2.35. The molecule has 1 aliphatic heterocycles. The summed E-state index contributed by atoms with van der Waals surface area (Å²) in [6, 6.07) is 9.71. The number of ether oxygens (including phenoxy) is 1. The number of anilines is 3. The number of carbonyl (C=O) groups is 1. The molecule has 2 aromatic rings. The van der Waals surface area contributed by atoms with Gasteiger partial charge in [0.1, 0.15) is 11.9 Å². The van der Waals surface area contributed by atoms with Crippen LogP contribution < -0.4 is 20.7 Å². The Morgan fingerprint density at radius 2 is 1.92 bits per heavy atom. The van der Waals surface area contributed by atoms with Gasteiger partial charge < -0.3 is 20.7 Å². The Morgan fingerprint density at radius 1 is 1.24 bits per heavy atom. The number of fused-ring (bicyclic) bond motifs is 1. The van der Waals surface area contributed by atoms with Crippen LogP contribution in [0, 0.1) is 20.8 Å². The van der Waals surface area contributed by atoms with E-state index in [4.69, 9.17) is 10.5 Å². The van der Waals surface area contributed by atoms with Crippen LogP contribution in [0.2, 0.25) is 0 Å². The van der Waals surface area contributed by atoms with Gasteiger partial charge in [0.25, 0.3) is 0 Å². The Balaban J connectivity index is 1.78. The van der Waals surface area contributed by atoms with Crippen molar-refractivity contribution in [2.75, 3.05) is 29.0 Å². The van der Waals surface area contributed by atoms with Crippen LogP contribution in [-0.2, 0) is 4.79 Å². The van der Waals surface area contributed by atoms with Gasteiger partial charge in [-0.1, -0.05) is 17.7 Å². The number of rotatable bonds is 3. The second kappa shape index (κ2) is 6.67. The van der Waals surface area contributed by atoms with E-state index in [1.807, 2.05) is 43.9 Å². The summed E-state index contributed by atoms with van der Waals surface area (Å²) < 4.78 is 5.84. The minimum Gasteiger partial charge on any atom is -0.487 e. The van der Waals surface area contributed by atoms with E-state index < -0.39 is 0 Å². The van der Waals surface area contributed by atoms with E-state index >= 15 is 0 Å². The molecule has 0 bridgehead atoms. The van der Waals surface area contributed by atoms with Gasteiger partial charge >= 0.3 is 0 Å². The van der Waals surface area contributed by atoms with Crippen LogP contribution >= 0.6 is 0 Å². The van der Waals surface area contributed by atoms with Gasteiger partial charge in [0.2, 0.25) is 5.91 Å². The summed E-state index contributed by atoms with van der Waals surface area (Å²) in [5.74, 6) is 0.696. The predicted molar refractivity (Wildman–Crippen MR) is 102 cm³/mol. The second-order valence-electron chi connectivity index (χ2n) is 6.86. The lowest BCUT2D eigenvalue weighted by molar-refractivity contribution is -0.115. The van der Waals surface area contributed by atoms with Gasteiger partial charge in [0.05, 0.1) is 18.8 Å². The van der Waals surface area contributed by atoms with Crippen LogP contribution in [0.15, 0.2) is 30.3 Å². The van der Waals surface area contributed by atoms with E-state index in [1.54, 1.807) is 0 Å². The lowest BCUT2D eigenvalue weighted by Crippen LogP contribution is -2.42. The molecule has 0 saturated heterocycles. The van der Waals surface area contributed by atoms with Crippen LogP contribution in [0.3, 0.4) is 0 Å². The third-order valence-corrected chi connectivity index (χ3v) is 4.41. The number of amides is 1. The van der Waals surface area contributed by atoms with E-state index in [1.165, 1.54) is 5.56 Å². The molecule has 132 valence electrons. The Bertz CT molecular complexity index is 794. The molecule has 0 spiro atoms. The van der Waals surface area contributed by atoms with Crippen molar-refractivity contribution in [3.8, 4) is 5.75 Å². The molecule has 3 N–H and O–H groups in total. The largest absolute Gasteiger partial charge is 0.487 e. The van der Waals surface area contributed by atoms with Crippen molar-refractivity contribution in [3.05, 3.63) is 47.0 Å². The van der Waals surface area contributed by atoms with E-state index in [0.29, 0.717) is 12.2 Å². The monoisotopic (exact) mass is 339 g/mol. The number of hydrogen-bond acceptors (Lipinski definition) is 4. The maximum absolute atomic E-state index is 12.6. The number of nitrogens with one attached hydrogen (secondary N) is 1. The first-order chi connectivity index (χ1) is 11.8. The third-order valence-electron chi connectivity index (χ3n) is 4.41. The molecule has 0 saturated carbocycles. The number of benzene rings is 2. The summed E-state index contributed by atoms with van der Waals surface area (Å²) in [7, 11) is 0. The molecule has 5 heteroatoms. The fraction of sp³-hybridized carbons (Fsp3) is 0.350. The standard InChI is InChI=1S/C20H25N3O2/c1-12-7-13(2)20(14(3)8-12)22-19(24)11-23-10-15(4)25-18-9-16(21)5-6-17(18)23/h5-9,15H,10-11,21H2,1-4H3,(H,22,24). The molecule has 25 heavy (non-hydrogen) atoms. The Morgan fingerprint density at radius 3 is 2.60 bits per heavy atom. The topological polar surface area (TPSA) is 67.6 Å². The minimum atomic E-state index is -0.0353. The van der Waals surface area contributed by atoms with Gasteiger partial charge in [-0.25, -0.2) is 0 Å². The zero-order chi connectivity index (χ0) is 18.1. The van der Waals surface area contributed by atoms with Crippen molar-refractivity contribution in [3.63, 3.8) is 0 Å². The first-order valence-corrected chi connectivity index (χ1v) is 8.52. The molecule has 1 atom stereocenters. The van der Waals surface area contributed by atoms with Crippen molar-refractivity contribution in [1.82, 2.24) is 0 Å². The predicted octanol–water partition coefficient (Wildman–Crippen LogP) is 3.42. The molecule has 1 amide bonds. The smallest absolute Gasteiger partial charge is 0.243 e. The molecule has 3 rings (SSSR count). The fourth-order valence-corrected chi connectivity index (χ4v) is 3.43. The lowest BCUT2D eigenvalue weighted by Gasteiger charge is -2.34. The summed E-state index contributed by atoms with van der Waals surface area (Å²) in [4.78, 5) is 14.7. The molecule has 0 aromatic heterocycles. The van der Waals surface area contributed by atoms with Gasteiger partial charge in [0, 0.05) is 17.4 Å². The molecule has 1 unspecified atom stereocenters. The molecular weight excluding hydrogens is 314 g/mol. The summed E-state index contributed by atoms with van der Waals surface area (Å²) in [5, 5.41) is 3.06.